The molecule has 1 amide bonds. The molecule has 3 aromatic carbocycles. The van der Waals surface area contributed by atoms with Crippen LogP contribution in [0.4, 0.5) is 10.7 Å². The third kappa shape index (κ3) is 5.05. The van der Waals surface area contributed by atoms with E-state index in [0.717, 1.165) is 16.7 Å². The van der Waals surface area contributed by atoms with E-state index in [4.69, 9.17) is 14.9 Å². The second-order valence-corrected chi connectivity index (χ2v) is 11.5. The van der Waals surface area contributed by atoms with E-state index in [0.29, 0.717) is 27.0 Å². The minimum absolute atomic E-state index is 0.240. The largest absolute Gasteiger partial charge is 0.444 e. The van der Waals surface area contributed by atoms with E-state index in [1.807, 2.05) is 54.6 Å². The molecule has 0 aliphatic carbocycles. The van der Waals surface area contributed by atoms with Crippen molar-refractivity contribution in [1.82, 2.24) is 29.9 Å². The molecule has 0 saturated heterocycles. The molecule has 0 fully saturated rings. The van der Waals surface area contributed by atoms with Crippen molar-refractivity contribution >= 4 is 39.0 Å². The van der Waals surface area contributed by atoms with Gasteiger partial charge in [-0.3, -0.25) is 10.3 Å². The van der Waals surface area contributed by atoms with Crippen LogP contribution in [0.25, 0.3) is 22.4 Å². The minimum atomic E-state index is -0.895. The lowest BCUT2D eigenvalue weighted by Gasteiger charge is -2.34. The summed E-state index contributed by atoms with van der Waals surface area (Å²) < 4.78 is 5.88. The van der Waals surface area contributed by atoms with E-state index in [-0.39, 0.29) is 5.95 Å². The Kier molecular flexibility index (Phi) is 7.07. The van der Waals surface area contributed by atoms with Crippen LogP contribution in [-0.4, -0.2) is 41.6 Å². The monoisotopic (exact) mass is 621 g/mol. The van der Waals surface area contributed by atoms with Gasteiger partial charge < -0.3 is 9.72 Å². The molecule has 0 atom stereocenters. The normalized spacial score (nSPS) is 11.9. The van der Waals surface area contributed by atoms with Crippen LogP contribution >= 0.6 is 15.9 Å². The van der Waals surface area contributed by atoms with Crippen molar-refractivity contribution in [3.8, 4) is 11.4 Å². The van der Waals surface area contributed by atoms with Crippen LogP contribution in [0.2, 0.25) is 0 Å². The molecule has 6 rings (SSSR count). The number of halogens is 1. The SMILES string of the molecule is CC(C)(C)OC(=O)Nc1nc2c(-c3nn(C(c4ccccc4)(c4ccccc4)c4ccccc4)nc3Br)nccc2[nH]1. The number of anilines is 1. The Morgan fingerprint density at radius 2 is 1.36 bits per heavy atom. The van der Waals surface area contributed by atoms with E-state index >= 15 is 0 Å². The number of fused-ring (bicyclic) bond motifs is 1. The number of nitrogens with zero attached hydrogens (tertiary/aromatic N) is 5. The van der Waals surface area contributed by atoms with Crippen LogP contribution in [0.1, 0.15) is 37.5 Å². The highest BCUT2D eigenvalue weighted by Gasteiger charge is 2.41. The van der Waals surface area contributed by atoms with Gasteiger partial charge in [0.25, 0.3) is 0 Å². The average Bonchev–Trinajstić information content (AvgIpc) is 3.57. The summed E-state index contributed by atoms with van der Waals surface area (Å²) in [5.74, 6) is 0.240. The first-order valence-electron chi connectivity index (χ1n) is 13.4. The van der Waals surface area contributed by atoms with Crippen molar-refractivity contribution in [2.75, 3.05) is 5.32 Å². The number of amides is 1. The first-order chi connectivity index (χ1) is 20.3. The number of rotatable bonds is 6. The number of ether oxygens (including phenoxy) is 1. The van der Waals surface area contributed by atoms with Gasteiger partial charge in [-0.2, -0.15) is 4.80 Å². The molecule has 2 N–H and O–H groups in total. The van der Waals surface area contributed by atoms with Crippen molar-refractivity contribution in [3.05, 3.63) is 125 Å². The van der Waals surface area contributed by atoms with Gasteiger partial charge in [-0.05, 0) is 59.5 Å². The van der Waals surface area contributed by atoms with Gasteiger partial charge in [0.05, 0.1) is 5.52 Å². The van der Waals surface area contributed by atoms with Crippen molar-refractivity contribution in [2.24, 2.45) is 0 Å². The summed E-state index contributed by atoms with van der Waals surface area (Å²) in [5.41, 5.74) is 3.64. The highest BCUT2D eigenvalue weighted by atomic mass is 79.9. The number of carbonyl (C=O) groups excluding carboxylic acids is 1. The van der Waals surface area contributed by atoms with E-state index in [1.165, 1.54) is 0 Å². The van der Waals surface area contributed by atoms with E-state index in [2.05, 4.69) is 72.6 Å². The maximum atomic E-state index is 12.4. The van der Waals surface area contributed by atoms with Crippen LogP contribution in [0.5, 0.6) is 0 Å². The van der Waals surface area contributed by atoms with E-state index < -0.39 is 17.2 Å². The third-order valence-corrected chi connectivity index (χ3v) is 7.23. The molecule has 3 aromatic heterocycles. The van der Waals surface area contributed by atoms with Gasteiger partial charge in [0, 0.05) is 6.20 Å². The summed E-state index contributed by atoms with van der Waals surface area (Å²) >= 11 is 3.67. The molecular formula is C32H28BrN7O2. The third-order valence-electron chi connectivity index (χ3n) is 6.69. The Balaban J connectivity index is 1.52. The van der Waals surface area contributed by atoms with Crippen LogP contribution < -0.4 is 5.32 Å². The number of imidazole rings is 1. The zero-order chi connectivity index (χ0) is 29.3. The van der Waals surface area contributed by atoms with Crippen molar-refractivity contribution in [2.45, 2.75) is 31.9 Å². The highest BCUT2D eigenvalue weighted by Crippen LogP contribution is 2.41. The molecule has 10 heteroatoms. The molecule has 42 heavy (non-hydrogen) atoms. The maximum absolute atomic E-state index is 12.4. The number of pyridine rings is 1. The molecule has 0 unspecified atom stereocenters. The van der Waals surface area contributed by atoms with E-state index in [1.54, 1.807) is 37.8 Å². The van der Waals surface area contributed by atoms with Gasteiger partial charge in [-0.15, -0.1) is 10.2 Å². The number of aromatic nitrogens is 6. The Morgan fingerprint density at radius 1 is 0.810 bits per heavy atom. The molecule has 0 radical (unpaired) electrons. The second kappa shape index (κ2) is 10.9. The molecule has 9 nitrogen and oxygen atoms in total. The quantitative estimate of drug-likeness (QED) is 0.191. The Labute approximate surface area is 251 Å². The summed E-state index contributed by atoms with van der Waals surface area (Å²) in [6.07, 6.45) is 1.05. The van der Waals surface area contributed by atoms with Gasteiger partial charge in [-0.25, -0.2) is 9.78 Å². The summed E-state index contributed by atoms with van der Waals surface area (Å²) in [4.78, 5) is 26.5. The van der Waals surface area contributed by atoms with Crippen molar-refractivity contribution in [1.29, 1.82) is 0 Å². The number of aromatic amines is 1. The summed E-state index contributed by atoms with van der Waals surface area (Å²) in [6, 6.07) is 32.3. The number of carbonyl (C=O) groups is 1. The van der Waals surface area contributed by atoms with Crippen LogP contribution in [0.3, 0.4) is 0 Å². The molecular weight excluding hydrogens is 594 g/mol. The van der Waals surface area contributed by atoms with Gasteiger partial charge in [0.1, 0.15) is 22.5 Å². The number of H-pyrrole nitrogens is 1. The number of hydrogen-bond acceptors (Lipinski definition) is 6. The Bertz CT molecular complexity index is 1750. The zero-order valence-electron chi connectivity index (χ0n) is 23.2. The number of benzene rings is 3. The van der Waals surface area contributed by atoms with Crippen LogP contribution in [0, 0.1) is 0 Å². The summed E-state index contributed by atoms with van der Waals surface area (Å²) in [5, 5.41) is 12.7. The lowest BCUT2D eigenvalue weighted by atomic mass is 9.77. The topological polar surface area (TPSA) is 111 Å². The van der Waals surface area contributed by atoms with Crippen LogP contribution in [-0.2, 0) is 10.3 Å². The van der Waals surface area contributed by atoms with Gasteiger partial charge in [-0.1, -0.05) is 91.0 Å². The predicted molar refractivity (Wildman–Crippen MR) is 165 cm³/mol. The lowest BCUT2D eigenvalue weighted by Crippen LogP contribution is -2.39. The standard InChI is InChI=1S/C32H28BrN7O2/c1-31(2,3)42-30(41)37-29-35-24-19-20-34-26(25(24)36-29)27-28(33)39-40(38-27)32(21-13-7-4-8-14-21,22-15-9-5-10-16-22)23-17-11-6-12-18-23/h4-20H,1-3H3,(H2,35,36,37,41). The van der Waals surface area contributed by atoms with Gasteiger partial charge >= 0.3 is 6.09 Å². The average molecular weight is 623 g/mol. The molecule has 0 aliphatic heterocycles. The smallest absolute Gasteiger partial charge is 0.414 e. The van der Waals surface area contributed by atoms with Crippen LogP contribution in [0.15, 0.2) is 108 Å². The molecule has 0 saturated carbocycles. The fourth-order valence-corrected chi connectivity index (χ4v) is 5.45. The molecule has 0 bridgehead atoms. The number of hydrogen-bond donors (Lipinski definition) is 2. The summed E-state index contributed by atoms with van der Waals surface area (Å²) in [6.45, 7) is 5.40. The maximum Gasteiger partial charge on any atom is 0.414 e. The number of nitrogens with one attached hydrogen (secondary N) is 2. The fraction of sp³-hybridized carbons (Fsp3) is 0.156. The molecule has 6 aromatic rings. The second-order valence-electron chi connectivity index (χ2n) is 10.7. The summed E-state index contributed by atoms with van der Waals surface area (Å²) in [7, 11) is 0. The lowest BCUT2D eigenvalue weighted by molar-refractivity contribution is 0.0635. The minimum Gasteiger partial charge on any atom is -0.444 e. The first-order valence-corrected chi connectivity index (χ1v) is 14.2. The van der Waals surface area contributed by atoms with Crippen molar-refractivity contribution < 1.29 is 9.53 Å². The molecule has 3 heterocycles. The van der Waals surface area contributed by atoms with Gasteiger partial charge in [0.2, 0.25) is 5.95 Å². The van der Waals surface area contributed by atoms with Crippen molar-refractivity contribution in [3.63, 3.8) is 0 Å². The predicted octanol–water partition coefficient (Wildman–Crippen LogP) is 7.17. The Hall–Kier alpha value is -4.83. The fourth-order valence-electron chi connectivity index (χ4n) is 5.04. The first kappa shape index (κ1) is 27.3. The molecule has 210 valence electrons. The molecule has 0 spiro atoms. The zero-order valence-corrected chi connectivity index (χ0v) is 24.8. The molecule has 0 aliphatic rings. The Morgan fingerprint density at radius 3 is 1.88 bits per heavy atom. The highest BCUT2D eigenvalue weighted by molar-refractivity contribution is 9.10. The van der Waals surface area contributed by atoms with E-state index in [9.17, 15) is 4.79 Å². The van der Waals surface area contributed by atoms with Gasteiger partial charge in [0.15, 0.2) is 10.1 Å².